The van der Waals surface area contributed by atoms with Crippen LogP contribution < -0.4 is 0 Å². The molecule has 0 saturated heterocycles. The van der Waals surface area contributed by atoms with E-state index in [1.165, 1.54) is 5.56 Å². The van der Waals surface area contributed by atoms with E-state index in [2.05, 4.69) is 61.1 Å². The van der Waals surface area contributed by atoms with Crippen molar-refractivity contribution >= 4 is 21.9 Å². The van der Waals surface area contributed by atoms with E-state index in [0.29, 0.717) is 16.7 Å². The summed E-state index contributed by atoms with van der Waals surface area (Å²) in [6.45, 7) is 6.58. The van der Waals surface area contributed by atoms with Crippen molar-refractivity contribution in [2.75, 3.05) is 0 Å². The maximum Gasteiger partial charge on any atom is 0.139 e. The largest absolute Gasteiger partial charge is 0.499 e. The summed E-state index contributed by atoms with van der Waals surface area (Å²) < 4.78 is 6.23. The molecule has 4 nitrogen and oxygen atoms in total. The average Bonchev–Trinajstić information content (AvgIpc) is 3.44. The smallest absolute Gasteiger partial charge is 0.139 e. The van der Waals surface area contributed by atoms with Gasteiger partial charge in [-0.2, -0.15) is 5.26 Å². The molecule has 0 saturated carbocycles. The third kappa shape index (κ3) is 6.24. The number of nitrogens with zero attached hydrogens (tertiary/aromatic N) is 3. The molecule has 0 bridgehead atoms. The number of benzene rings is 4. The fourth-order valence-corrected chi connectivity index (χ4v) is 5.02. The number of nitriles is 1. The molecular weight excluding hydrogens is 719 g/mol. The molecule has 0 aliphatic rings. The Morgan fingerprint density at radius 2 is 1.48 bits per heavy atom. The average molecular weight is 748 g/mol. The van der Waals surface area contributed by atoms with Crippen molar-refractivity contribution in [1.82, 2.24) is 9.97 Å². The zero-order chi connectivity index (χ0) is 29.8. The minimum absolute atomic E-state index is 0. The molecule has 7 rings (SSSR count). The number of rotatable bonds is 3. The monoisotopic (exact) mass is 748 g/mol. The van der Waals surface area contributed by atoms with Crippen LogP contribution in [-0.2, 0) is 25.5 Å². The Balaban J connectivity index is 0.000000194. The SMILES string of the molecule is CC(C)(C)c1ccc(-c2[c-]cccc2)nc1.N#Cc1c(-c2ccccc2)ccc2c1oc1c(-c3ccccn3)[c-]ccc12.[Ir]. The Morgan fingerprint density at radius 3 is 2.14 bits per heavy atom. The van der Waals surface area contributed by atoms with Gasteiger partial charge in [-0.3, -0.25) is 0 Å². The number of furan rings is 1. The molecule has 1 radical (unpaired) electrons. The van der Waals surface area contributed by atoms with Gasteiger partial charge in [0, 0.05) is 43.4 Å². The number of hydrogen-bond acceptors (Lipinski definition) is 4. The summed E-state index contributed by atoms with van der Waals surface area (Å²) in [5.41, 5.74) is 8.75. The molecule has 0 unspecified atom stereocenters. The van der Waals surface area contributed by atoms with Crippen LogP contribution in [0.4, 0.5) is 0 Å². The van der Waals surface area contributed by atoms with E-state index in [1.807, 2.05) is 103 Å². The molecular formula is C39H29IrN3O-2. The summed E-state index contributed by atoms with van der Waals surface area (Å²) in [7, 11) is 0. The second-order valence-electron chi connectivity index (χ2n) is 11.2. The quantitative estimate of drug-likeness (QED) is 0.169. The molecule has 217 valence electrons. The van der Waals surface area contributed by atoms with Crippen LogP contribution in [-0.4, -0.2) is 9.97 Å². The molecule has 0 aliphatic carbocycles. The van der Waals surface area contributed by atoms with E-state index >= 15 is 0 Å². The molecule has 44 heavy (non-hydrogen) atoms. The minimum Gasteiger partial charge on any atom is -0.499 e. The van der Waals surface area contributed by atoms with Crippen LogP contribution in [0.3, 0.4) is 0 Å². The van der Waals surface area contributed by atoms with Crippen LogP contribution in [0.1, 0.15) is 31.9 Å². The molecule has 0 spiro atoms. The van der Waals surface area contributed by atoms with Gasteiger partial charge in [0.15, 0.2) is 0 Å². The predicted molar refractivity (Wildman–Crippen MR) is 173 cm³/mol. The van der Waals surface area contributed by atoms with Crippen molar-refractivity contribution in [3.8, 4) is 39.7 Å². The van der Waals surface area contributed by atoms with Crippen molar-refractivity contribution < 1.29 is 24.5 Å². The molecule has 0 fully saturated rings. The van der Waals surface area contributed by atoms with Gasteiger partial charge < -0.3 is 14.4 Å². The maximum atomic E-state index is 9.86. The normalized spacial score (nSPS) is 10.9. The van der Waals surface area contributed by atoms with Gasteiger partial charge in [0.05, 0.1) is 5.58 Å². The zero-order valence-electron chi connectivity index (χ0n) is 24.6. The van der Waals surface area contributed by atoms with Crippen LogP contribution in [0.2, 0.25) is 0 Å². The minimum atomic E-state index is 0. The van der Waals surface area contributed by atoms with Gasteiger partial charge in [-0.15, -0.1) is 54.1 Å². The number of aromatic nitrogens is 2. The van der Waals surface area contributed by atoms with Gasteiger partial charge in [-0.05, 0) is 34.0 Å². The van der Waals surface area contributed by atoms with E-state index < -0.39 is 0 Å². The molecule has 7 aromatic rings. The van der Waals surface area contributed by atoms with E-state index in [-0.39, 0.29) is 25.5 Å². The van der Waals surface area contributed by atoms with Gasteiger partial charge in [0.2, 0.25) is 0 Å². The second kappa shape index (κ2) is 13.2. The fraction of sp³-hybridized carbons (Fsp3) is 0.103. The first-order valence-electron chi connectivity index (χ1n) is 14.1. The van der Waals surface area contributed by atoms with E-state index in [1.54, 1.807) is 6.20 Å². The van der Waals surface area contributed by atoms with E-state index in [0.717, 1.165) is 44.4 Å². The first-order valence-corrected chi connectivity index (χ1v) is 14.1. The van der Waals surface area contributed by atoms with E-state index in [4.69, 9.17) is 4.42 Å². The second-order valence-corrected chi connectivity index (χ2v) is 11.2. The summed E-state index contributed by atoms with van der Waals surface area (Å²) in [5, 5.41) is 11.7. The Labute approximate surface area is 271 Å². The zero-order valence-corrected chi connectivity index (χ0v) is 27.0. The number of fused-ring (bicyclic) bond motifs is 3. The van der Waals surface area contributed by atoms with Crippen LogP contribution in [0, 0.1) is 23.5 Å². The molecule has 3 heterocycles. The van der Waals surface area contributed by atoms with Crippen LogP contribution >= 0.6 is 0 Å². The van der Waals surface area contributed by atoms with E-state index in [9.17, 15) is 5.26 Å². The Kier molecular flexibility index (Phi) is 9.16. The predicted octanol–water partition coefficient (Wildman–Crippen LogP) is 9.83. The van der Waals surface area contributed by atoms with Gasteiger partial charge in [0.25, 0.3) is 0 Å². The number of hydrogen-bond donors (Lipinski definition) is 0. The van der Waals surface area contributed by atoms with Crippen molar-refractivity contribution in [2.24, 2.45) is 0 Å². The first-order chi connectivity index (χ1) is 20.9. The standard InChI is InChI=1S/C24H13N2O.C15H16N.Ir/c25-15-21-17(16-7-2-1-3-8-16)12-13-19-18-9-6-10-20(23(18)27-24(19)21)22-11-4-5-14-26-22;1-15(2,3)13-9-10-14(16-11-13)12-7-5-4-6-8-12;/h1-9,11-14H;4-7,9-11H,1-3H3;/q2*-1;. The topological polar surface area (TPSA) is 62.7 Å². The molecule has 0 aliphatic heterocycles. The Morgan fingerprint density at radius 1 is 0.705 bits per heavy atom. The maximum absolute atomic E-state index is 9.86. The van der Waals surface area contributed by atoms with Crippen molar-refractivity contribution in [1.29, 1.82) is 5.26 Å². The van der Waals surface area contributed by atoms with Gasteiger partial charge in [-0.1, -0.05) is 98.5 Å². The van der Waals surface area contributed by atoms with Gasteiger partial charge in [0.1, 0.15) is 17.2 Å². The Hall–Kier alpha value is -4.88. The fourth-order valence-electron chi connectivity index (χ4n) is 5.02. The first kappa shape index (κ1) is 30.6. The van der Waals surface area contributed by atoms with Crippen molar-refractivity contribution in [3.05, 3.63) is 145 Å². The summed E-state index contributed by atoms with van der Waals surface area (Å²) in [6.07, 6.45) is 3.70. The summed E-state index contributed by atoms with van der Waals surface area (Å²) in [4.78, 5) is 8.90. The molecule has 4 aromatic carbocycles. The summed E-state index contributed by atoms with van der Waals surface area (Å²) in [6, 6.07) is 44.3. The third-order valence-electron chi connectivity index (χ3n) is 7.33. The molecule has 3 aromatic heterocycles. The molecule has 5 heteroatoms. The third-order valence-corrected chi connectivity index (χ3v) is 7.33. The van der Waals surface area contributed by atoms with Crippen LogP contribution in [0.25, 0.3) is 55.6 Å². The Bertz CT molecular complexity index is 2040. The molecule has 0 N–H and O–H groups in total. The van der Waals surface area contributed by atoms with Crippen molar-refractivity contribution in [2.45, 2.75) is 26.2 Å². The van der Waals surface area contributed by atoms with Crippen molar-refractivity contribution in [3.63, 3.8) is 0 Å². The van der Waals surface area contributed by atoms with Gasteiger partial charge >= 0.3 is 0 Å². The molecule has 0 atom stereocenters. The molecule has 0 amide bonds. The summed E-state index contributed by atoms with van der Waals surface area (Å²) in [5.74, 6) is 0. The summed E-state index contributed by atoms with van der Waals surface area (Å²) >= 11 is 0. The number of pyridine rings is 2. The van der Waals surface area contributed by atoms with Crippen LogP contribution in [0.15, 0.2) is 126 Å². The van der Waals surface area contributed by atoms with Crippen LogP contribution in [0.5, 0.6) is 0 Å². The van der Waals surface area contributed by atoms with Gasteiger partial charge in [-0.25, -0.2) is 0 Å².